The van der Waals surface area contributed by atoms with Gasteiger partial charge in [-0.2, -0.15) is 0 Å². The van der Waals surface area contributed by atoms with Gasteiger partial charge in [0.15, 0.2) is 6.10 Å². The zero-order valence-corrected chi connectivity index (χ0v) is 12.5. The van der Waals surface area contributed by atoms with Gasteiger partial charge >= 0.3 is 5.97 Å². The summed E-state index contributed by atoms with van der Waals surface area (Å²) in [6.07, 6.45) is 0.0742. The Morgan fingerprint density at radius 3 is 2.70 bits per heavy atom. The molecule has 1 aromatic carbocycles. The summed E-state index contributed by atoms with van der Waals surface area (Å²) in [7, 11) is 0. The monoisotopic (exact) mass is 316 g/mol. The van der Waals surface area contributed by atoms with Crippen molar-refractivity contribution in [3.05, 3.63) is 42.5 Å². The molecule has 1 aromatic heterocycles. The number of nitrogens with zero attached hydrogens (tertiary/aromatic N) is 4. The molecule has 120 valence electrons. The van der Waals surface area contributed by atoms with E-state index < -0.39 is 18.0 Å². The highest BCUT2D eigenvalue weighted by Crippen LogP contribution is 2.14. The molecule has 1 aliphatic rings. The number of carbonyl (C=O) groups is 2. The Kier molecular flexibility index (Phi) is 4.07. The third-order valence-electron chi connectivity index (χ3n) is 3.53. The normalized spacial score (nSPS) is 21.2. The second kappa shape index (κ2) is 6.17. The Morgan fingerprint density at radius 2 is 2.00 bits per heavy atom. The molecule has 3 rings (SSSR count). The first-order valence-electron chi connectivity index (χ1n) is 7.19. The van der Waals surface area contributed by atoms with Gasteiger partial charge in [-0.05, 0) is 19.1 Å². The summed E-state index contributed by atoms with van der Waals surface area (Å²) in [5, 5.41) is 13.3. The SMILES string of the molecule is C[C@@H]1CN(C(=O)c2ncn(-c3ccccc3)n2)CC(C(=O)O)O1. The van der Waals surface area contributed by atoms with Crippen LogP contribution in [0.5, 0.6) is 0 Å². The van der Waals surface area contributed by atoms with Crippen LogP contribution in [0.4, 0.5) is 0 Å². The van der Waals surface area contributed by atoms with Crippen molar-refractivity contribution in [3.8, 4) is 5.69 Å². The average molecular weight is 316 g/mol. The van der Waals surface area contributed by atoms with Crippen LogP contribution >= 0.6 is 0 Å². The molecule has 8 nitrogen and oxygen atoms in total. The molecule has 1 N–H and O–H groups in total. The zero-order chi connectivity index (χ0) is 16.4. The molecule has 0 spiro atoms. The fraction of sp³-hybridized carbons (Fsp3) is 0.333. The minimum absolute atomic E-state index is 0.0155. The summed E-state index contributed by atoms with van der Waals surface area (Å²) in [6, 6.07) is 9.30. The van der Waals surface area contributed by atoms with E-state index in [0.29, 0.717) is 6.54 Å². The lowest BCUT2D eigenvalue weighted by Crippen LogP contribution is -2.52. The molecular weight excluding hydrogens is 300 g/mol. The molecule has 1 aliphatic heterocycles. The number of carboxylic acids is 1. The third-order valence-corrected chi connectivity index (χ3v) is 3.53. The summed E-state index contributed by atoms with van der Waals surface area (Å²) in [6.45, 7) is 2.02. The van der Waals surface area contributed by atoms with Crippen LogP contribution in [-0.2, 0) is 9.53 Å². The van der Waals surface area contributed by atoms with Crippen molar-refractivity contribution >= 4 is 11.9 Å². The van der Waals surface area contributed by atoms with E-state index in [4.69, 9.17) is 9.84 Å². The largest absolute Gasteiger partial charge is 0.479 e. The molecule has 0 saturated carbocycles. The number of ether oxygens (including phenoxy) is 1. The fourth-order valence-corrected chi connectivity index (χ4v) is 2.46. The number of carbonyl (C=O) groups excluding carboxylic acids is 1. The molecule has 1 saturated heterocycles. The van der Waals surface area contributed by atoms with Crippen molar-refractivity contribution < 1.29 is 19.4 Å². The van der Waals surface area contributed by atoms with Gasteiger partial charge in [0, 0.05) is 6.54 Å². The predicted molar refractivity (Wildman–Crippen MR) is 79.2 cm³/mol. The first kappa shape index (κ1) is 15.2. The summed E-state index contributed by atoms with van der Waals surface area (Å²) in [5.41, 5.74) is 0.790. The summed E-state index contributed by atoms with van der Waals surface area (Å²) in [4.78, 5) is 29.0. The van der Waals surface area contributed by atoms with Gasteiger partial charge in [-0.1, -0.05) is 18.2 Å². The van der Waals surface area contributed by atoms with E-state index in [9.17, 15) is 9.59 Å². The Balaban J connectivity index is 1.78. The second-order valence-electron chi connectivity index (χ2n) is 5.33. The Morgan fingerprint density at radius 1 is 1.26 bits per heavy atom. The first-order valence-corrected chi connectivity index (χ1v) is 7.19. The maximum absolute atomic E-state index is 12.5. The van der Waals surface area contributed by atoms with Crippen LogP contribution in [-0.4, -0.2) is 61.9 Å². The van der Waals surface area contributed by atoms with Gasteiger partial charge in [0.25, 0.3) is 5.91 Å². The lowest BCUT2D eigenvalue weighted by atomic mass is 10.2. The van der Waals surface area contributed by atoms with Crippen LogP contribution in [0.3, 0.4) is 0 Å². The molecule has 0 radical (unpaired) electrons. The van der Waals surface area contributed by atoms with Crippen molar-refractivity contribution in [2.24, 2.45) is 0 Å². The number of carboxylic acid groups (broad SMARTS) is 1. The molecule has 2 aromatic rings. The van der Waals surface area contributed by atoms with E-state index in [1.165, 1.54) is 15.9 Å². The number of aromatic nitrogens is 3. The lowest BCUT2D eigenvalue weighted by Gasteiger charge is -2.34. The molecule has 2 atom stereocenters. The van der Waals surface area contributed by atoms with E-state index in [0.717, 1.165) is 5.69 Å². The van der Waals surface area contributed by atoms with Gasteiger partial charge in [0.1, 0.15) is 6.33 Å². The second-order valence-corrected chi connectivity index (χ2v) is 5.33. The van der Waals surface area contributed by atoms with Crippen LogP contribution in [0.2, 0.25) is 0 Å². The molecule has 1 unspecified atom stereocenters. The number of rotatable bonds is 3. The number of hydrogen-bond acceptors (Lipinski definition) is 5. The van der Waals surface area contributed by atoms with Gasteiger partial charge in [-0.15, -0.1) is 5.10 Å². The molecule has 2 heterocycles. The molecule has 1 fully saturated rings. The number of hydrogen-bond donors (Lipinski definition) is 1. The maximum atomic E-state index is 12.5. The highest BCUT2D eigenvalue weighted by atomic mass is 16.5. The first-order chi connectivity index (χ1) is 11.0. The van der Waals surface area contributed by atoms with Gasteiger partial charge < -0.3 is 14.7 Å². The number of para-hydroxylation sites is 1. The van der Waals surface area contributed by atoms with Crippen molar-refractivity contribution in [3.63, 3.8) is 0 Å². The smallest absolute Gasteiger partial charge is 0.334 e. The summed E-state index contributed by atoms with van der Waals surface area (Å²) in [5.74, 6) is -1.45. The minimum atomic E-state index is -1.09. The van der Waals surface area contributed by atoms with Gasteiger partial charge in [-0.3, -0.25) is 4.79 Å². The molecular formula is C15H16N4O4. The van der Waals surface area contributed by atoms with Crippen molar-refractivity contribution in [2.75, 3.05) is 13.1 Å². The van der Waals surface area contributed by atoms with E-state index in [1.807, 2.05) is 30.3 Å². The fourth-order valence-electron chi connectivity index (χ4n) is 2.46. The van der Waals surface area contributed by atoms with Crippen molar-refractivity contribution in [1.29, 1.82) is 0 Å². The van der Waals surface area contributed by atoms with Crippen LogP contribution in [0, 0.1) is 0 Å². The van der Waals surface area contributed by atoms with Crippen LogP contribution in [0.25, 0.3) is 5.69 Å². The Bertz CT molecular complexity index is 715. The van der Waals surface area contributed by atoms with Gasteiger partial charge in [-0.25, -0.2) is 14.5 Å². The number of amides is 1. The molecule has 0 bridgehead atoms. The standard InChI is InChI=1S/C15H16N4O4/c1-10-7-18(8-12(23-10)15(21)22)14(20)13-16-9-19(17-13)11-5-3-2-4-6-11/h2-6,9-10,12H,7-8H2,1H3,(H,21,22)/t10-,12?/m1/s1. The highest BCUT2D eigenvalue weighted by Gasteiger charge is 2.34. The van der Waals surface area contributed by atoms with Crippen LogP contribution in [0.15, 0.2) is 36.7 Å². The minimum Gasteiger partial charge on any atom is -0.479 e. The van der Waals surface area contributed by atoms with E-state index >= 15 is 0 Å². The van der Waals surface area contributed by atoms with Crippen LogP contribution < -0.4 is 0 Å². The number of aliphatic carboxylic acids is 1. The topological polar surface area (TPSA) is 97.6 Å². The average Bonchev–Trinajstić information content (AvgIpc) is 3.04. The summed E-state index contributed by atoms with van der Waals surface area (Å²) < 4.78 is 6.80. The Labute approximate surface area is 132 Å². The zero-order valence-electron chi connectivity index (χ0n) is 12.5. The van der Waals surface area contributed by atoms with E-state index in [2.05, 4.69) is 10.1 Å². The lowest BCUT2D eigenvalue weighted by molar-refractivity contribution is -0.160. The van der Waals surface area contributed by atoms with Crippen LogP contribution in [0.1, 0.15) is 17.5 Å². The number of benzene rings is 1. The third kappa shape index (κ3) is 3.21. The molecule has 1 amide bonds. The molecule has 0 aliphatic carbocycles. The highest BCUT2D eigenvalue weighted by molar-refractivity contribution is 5.91. The van der Waals surface area contributed by atoms with Gasteiger partial charge in [0.05, 0.1) is 18.3 Å². The molecule has 23 heavy (non-hydrogen) atoms. The quantitative estimate of drug-likeness (QED) is 0.889. The van der Waals surface area contributed by atoms with E-state index in [1.54, 1.807) is 6.92 Å². The maximum Gasteiger partial charge on any atom is 0.334 e. The van der Waals surface area contributed by atoms with Crippen molar-refractivity contribution in [2.45, 2.75) is 19.1 Å². The summed E-state index contributed by atoms with van der Waals surface area (Å²) >= 11 is 0. The van der Waals surface area contributed by atoms with E-state index in [-0.39, 0.29) is 18.5 Å². The Hall–Kier alpha value is -2.74. The molecule has 8 heteroatoms. The van der Waals surface area contributed by atoms with Crippen molar-refractivity contribution in [1.82, 2.24) is 19.7 Å². The number of morpholine rings is 1. The van der Waals surface area contributed by atoms with Gasteiger partial charge in [0.2, 0.25) is 5.82 Å². The predicted octanol–water partition coefficient (Wildman–Crippen LogP) is 0.581.